The molecule has 0 aliphatic carbocycles. The summed E-state index contributed by atoms with van der Waals surface area (Å²) in [5.41, 5.74) is 6.73. The highest BCUT2D eigenvalue weighted by atomic mass is 16.5. The quantitative estimate of drug-likeness (QED) is 0.540. The minimum Gasteiger partial charge on any atom is -0.490 e. The minimum absolute atomic E-state index is 0.634. The predicted octanol–water partition coefficient (Wildman–Crippen LogP) is 2.93. The average Bonchev–Trinajstić information content (AvgIpc) is 2.37. The second-order valence-corrected chi connectivity index (χ2v) is 4.03. The molecule has 3 nitrogen and oxygen atoms in total. The molecule has 0 spiro atoms. The zero-order valence-corrected chi connectivity index (χ0v) is 11.2. The topological polar surface area (TPSA) is 44.5 Å². The molecule has 0 heterocycles. The fourth-order valence-electron chi connectivity index (χ4n) is 1.67. The lowest BCUT2D eigenvalue weighted by Gasteiger charge is -2.13. The number of nitrogens with two attached hydrogens (primary N) is 1. The van der Waals surface area contributed by atoms with Crippen molar-refractivity contribution in [3.63, 3.8) is 0 Å². The van der Waals surface area contributed by atoms with Gasteiger partial charge >= 0.3 is 0 Å². The van der Waals surface area contributed by atoms with Gasteiger partial charge in [0.15, 0.2) is 11.5 Å². The number of hydrogen-bond acceptors (Lipinski definition) is 3. The molecule has 1 aromatic rings. The molecule has 0 bridgehead atoms. The Bertz CT molecular complexity index is 364. The van der Waals surface area contributed by atoms with E-state index in [1.807, 2.05) is 31.2 Å². The zero-order valence-electron chi connectivity index (χ0n) is 11.2. The van der Waals surface area contributed by atoms with Crippen molar-refractivity contribution in [2.24, 2.45) is 5.73 Å². The number of hydrogen-bond donors (Lipinski definition) is 1. The molecule has 0 fully saturated rings. The summed E-state index contributed by atoms with van der Waals surface area (Å²) in [7, 11) is 0. The Morgan fingerprint density at radius 1 is 1.28 bits per heavy atom. The van der Waals surface area contributed by atoms with Gasteiger partial charge in [-0.2, -0.15) is 0 Å². The van der Waals surface area contributed by atoms with Crippen molar-refractivity contribution in [2.45, 2.75) is 26.2 Å². The molecule has 3 heteroatoms. The van der Waals surface area contributed by atoms with Crippen LogP contribution in [0.4, 0.5) is 0 Å². The smallest absolute Gasteiger partial charge is 0.161 e. The van der Waals surface area contributed by atoms with Gasteiger partial charge in [0.2, 0.25) is 0 Å². The molecule has 0 aliphatic rings. The summed E-state index contributed by atoms with van der Waals surface area (Å²) in [4.78, 5) is 0. The van der Waals surface area contributed by atoms with Gasteiger partial charge in [0.05, 0.1) is 13.2 Å². The van der Waals surface area contributed by atoms with Gasteiger partial charge < -0.3 is 15.2 Å². The van der Waals surface area contributed by atoms with Gasteiger partial charge in [-0.05, 0) is 50.4 Å². The van der Waals surface area contributed by atoms with Crippen LogP contribution in [0.5, 0.6) is 11.5 Å². The lowest BCUT2D eigenvalue weighted by Crippen LogP contribution is -2.04. The molecule has 0 atom stereocenters. The van der Waals surface area contributed by atoms with E-state index in [2.05, 4.69) is 6.58 Å². The summed E-state index contributed by atoms with van der Waals surface area (Å²) in [5.74, 6) is 1.61. The summed E-state index contributed by atoms with van der Waals surface area (Å²) in [6, 6.07) is 6.02. The molecular weight excluding hydrogens is 226 g/mol. The molecular formula is C15H23NO2. The lowest BCUT2D eigenvalue weighted by atomic mass is 10.1. The zero-order chi connectivity index (χ0) is 13.2. The second-order valence-electron chi connectivity index (χ2n) is 4.03. The van der Waals surface area contributed by atoms with E-state index in [0.717, 1.165) is 30.8 Å². The summed E-state index contributed by atoms with van der Waals surface area (Å²) < 4.78 is 11.3. The van der Waals surface area contributed by atoms with Gasteiger partial charge in [0, 0.05) is 0 Å². The molecule has 1 aromatic carbocycles. The Morgan fingerprint density at radius 3 is 2.78 bits per heavy atom. The monoisotopic (exact) mass is 249 g/mol. The summed E-state index contributed by atoms with van der Waals surface area (Å²) in [5, 5.41) is 0. The van der Waals surface area contributed by atoms with E-state index in [1.54, 1.807) is 0 Å². The van der Waals surface area contributed by atoms with Crippen LogP contribution in [-0.2, 0) is 6.42 Å². The van der Waals surface area contributed by atoms with Crippen molar-refractivity contribution in [3.05, 3.63) is 36.4 Å². The SMILES string of the molecule is C=CCCCOc1ccc(CCN)cc1OCC. The van der Waals surface area contributed by atoms with Crippen LogP contribution < -0.4 is 15.2 Å². The second kappa shape index (κ2) is 8.59. The number of ether oxygens (including phenoxy) is 2. The molecule has 2 N–H and O–H groups in total. The molecule has 0 aliphatic heterocycles. The molecule has 0 unspecified atom stereocenters. The number of allylic oxidation sites excluding steroid dienone is 1. The van der Waals surface area contributed by atoms with E-state index in [9.17, 15) is 0 Å². The standard InChI is InChI=1S/C15H23NO2/c1-3-5-6-11-18-14-8-7-13(9-10-16)12-15(14)17-4-2/h3,7-8,12H,1,4-6,9-11,16H2,2H3. The third-order valence-electron chi connectivity index (χ3n) is 2.55. The largest absolute Gasteiger partial charge is 0.490 e. The fourth-order valence-corrected chi connectivity index (χ4v) is 1.67. The van der Waals surface area contributed by atoms with Gasteiger partial charge in [-0.15, -0.1) is 6.58 Å². The number of unbranched alkanes of at least 4 members (excludes halogenated alkanes) is 1. The Hall–Kier alpha value is -1.48. The van der Waals surface area contributed by atoms with Gasteiger partial charge in [-0.1, -0.05) is 12.1 Å². The molecule has 1 rings (SSSR count). The van der Waals surface area contributed by atoms with E-state index < -0.39 is 0 Å². The van der Waals surface area contributed by atoms with Crippen molar-refractivity contribution in [1.82, 2.24) is 0 Å². The van der Waals surface area contributed by atoms with Crippen LogP contribution in [0.25, 0.3) is 0 Å². The first-order valence-corrected chi connectivity index (χ1v) is 6.51. The summed E-state index contributed by atoms with van der Waals surface area (Å²) in [6.45, 7) is 7.62. The van der Waals surface area contributed by atoms with E-state index in [4.69, 9.17) is 15.2 Å². The molecule has 18 heavy (non-hydrogen) atoms. The van der Waals surface area contributed by atoms with Gasteiger partial charge in [-0.25, -0.2) is 0 Å². The summed E-state index contributed by atoms with van der Waals surface area (Å²) >= 11 is 0. The maximum absolute atomic E-state index is 5.72. The van der Waals surface area contributed by atoms with Gasteiger partial charge in [-0.3, -0.25) is 0 Å². The Morgan fingerprint density at radius 2 is 2.11 bits per heavy atom. The van der Waals surface area contributed by atoms with Crippen LogP contribution in [0.15, 0.2) is 30.9 Å². The first-order chi connectivity index (χ1) is 8.81. The lowest BCUT2D eigenvalue weighted by molar-refractivity contribution is 0.274. The van der Waals surface area contributed by atoms with E-state index in [1.165, 1.54) is 5.56 Å². The molecule has 0 saturated carbocycles. The fraction of sp³-hybridized carbons (Fsp3) is 0.467. The average molecular weight is 249 g/mol. The van der Waals surface area contributed by atoms with Crippen LogP contribution in [0.2, 0.25) is 0 Å². The Kier molecular flexibility index (Phi) is 6.96. The molecule has 0 amide bonds. The van der Waals surface area contributed by atoms with Crippen LogP contribution in [0.1, 0.15) is 25.3 Å². The molecule has 0 saturated heterocycles. The number of benzene rings is 1. The maximum Gasteiger partial charge on any atom is 0.161 e. The van der Waals surface area contributed by atoms with E-state index in [0.29, 0.717) is 19.8 Å². The third-order valence-corrected chi connectivity index (χ3v) is 2.55. The highest BCUT2D eigenvalue weighted by Crippen LogP contribution is 2.28. The van der Waals surface area contributed by atoms with Gasteiger partial charge in [0.1, 0.15) is 0 Å². The van der Waals surface area contributed by atoms with Crippen molar-refractivity contribution >= 4 is 0 Å². The van der Waals surface area contributed by atoms with E-state index in [-0.39, 0.29) is 0 Å². The predicted molar refractivity (Wildman–Crippen MR) is 75.3 cm³/mol. The summed E-state index contributed by atoms with van der Waals surface area (Å²) in [6.07, 6.45) is 4.70. The minimum atomic E-state index is 0.634. The highest BCUT2D eigenvalue weighted by Gasteiger charge is 2.06. The van der Waals surface area contributed by atoms with Gasteiger partial charge in [0.25, 0.3) is 0 Å². The molecule has 0 radical (unpaired) electrons. The van der Waals surface area contributed by atoms with Crippen molar-refractivity contribution < 1.29 is 9.47 Å². The van der Waals surface area contributed by atoms with Crippen molar-refractivity contribution in [2.75, 3.05) is 19.8 Å². The molecule has 100 valence electrons. The first-order valence-electron chi connectivity index (χ1n) is 6.51. The first kappa shape index (κ1) is 14.6. The highest BCUT2D eigenvalue weighted by molar-refractivity contribution is 5.43. The van der Waals surface area contributed by atoms with Crippen LogP contribution in [-0.4, -0.2) is 19.8 Å². The Balaban J connectivity index is 2.66. The van der Waals surface area contributed by atoms with Crippen molar-refractivity contribution in [3.8, 4) is 11.5 Å². The van der Waals surface area contributed by atoms with Crippen LogP contribution in [0.3, 0.4) is 0 Å². The van der Waals surface area contributed by atoms with Crippen LogP contribution >= 0.6 is 0 Å². The third kappa shape index (κ3) is 4.80. The normalized spacial score (nSPS) is 10.1. The van der Waals surface area contributed by atoms with Crippen molar-refractivity contribution in [1.29, 1.82) is 0 Å². The number of rotatable bonds is 9. The Labute approximate surface area is 110 Å². The molecule has 0 aromatic heterocycles. The van der Waals surface area contributed by atoms with E-state index >= 15 is 0 Å². The maximum atomic E-state index is 5.72. The van der Waals surface area contributed by atoms with Crippen LogP contribution in [0, 0.1) is 0 Å².